The molecule has 3 heterocycles. The normalized spacial score (nSPS) is 13.4. The van der Waals surface area contributed by atoms with Gasteiger partial charge in [0, 0.05) is 27.3 Å². The number of thioether (sulfide) groups is 1. The topological polar surface area (TPSA) is 75.0 Å². The van der Waals surface area contributed by atoms with Crippen molar-refractivity contribution in [1.29, 1.82) is 0 Å². The average Bonchev–Trinajstić information content (AvgIpc) is 3.19. The second kappa shape index (κ2) is 8.85. The van der Waals surface area contributed by atoms with Gasteiger partial charge in [0.2, 0.25) is 0 Å². The fraction of sp³-hybridized carbons (Fsp3) is 0.292. The average molecular weight is 484 g/mol. The molecular weight excluding hydrogens is 462 g/mol. The number of ether oxygens (including phenoxy) is 3. The predicted octanol–water partition coefficient (Wildman–Crippen LogP) is 5.57. The summed E-state index contributed by atoms with van der Waals surface area (Å²) >= 11 is 7.75. The number of aromatic nitrogens is 3. The highest BCUT2D eigenvalue weighted by atomic mass is 35.5. The third-order valence-corrected chi connectivity index (χ3v) is 6.56. The fourth-order valence-electron chi connectivity index (χ4n) is 3.93. The highest BCUT2D eigenvalue weighted by molar-refractivity contribution is 7.98. The zero-order valence-electron chi connectivity index (χ0n) is 18.4. The van der Waals surface area contributed by atoms with E-state index in [-0.39, 0.29) is 18.9 Å². The molecule has 0 N–H and O–H groups in total. The molecule has 7 nitrogen and oxygen atoms in total. The molecule has 0 aliphatic carbocycles. The van der Waals surface area contributed by atoms with Gasteiger partial charge in [-0.25, -0.2) is 4.79 Å². The van der Waals surface area contributed by atoms with E-state index in [4.69, 9.17) is 25.8 Å². The van der Waals surface area contributed by atoms with E-state index in [1.165, 1.54) is 11.8 Å². The molecule has 170 valence electrons. The predicted molar refractivity (Wildman–Crippen MR) is 127 cm³/mol. The molecule has 2 aromatic heterocycles. The first kappa shape index (κ1) is 22.0. The van der Waals surface area contributed by atoms with Crippen LogP contribution in [0, 0.1) is 6.92 Å². The van der Waals surface area contributed by atoms with Crippen LogP contribution in [0.5, 0.6) is 5.75 Å². The van der Waals surface area contributed by atoms with Crippen molar-refractivity contribution in [3.63, 3.8) is 0 Å². The van der Waals surface area contributed by atoms with Crippen LogP contribution in [0.15, 0.2) is 41.6 Å². The number of esters is 1. The van der Waals surface area contributed by atoms with Crippen LogP contribution in [0.1, 0.15) is 40.9 Å². The quantitative estimate of drug-likeness (QED) is 0.271. The molecule has 0 radical (unpaired) electrons. The van der Waals surface area contributed by atoms with E-state index in [0.717, 1.165) is 44.1 Å². The summed E-state index contributed by atoms with van der Waals surface area (Å²) in [4.78, 5) is 12.6. The van der Waals surface area contributed by atoms with Crippen LogP contribution in [0.25, 0.3) is 16.6 Å². The van der Waals surface area contributed by atoms with Crippen LogP contribution < -0.4 is 4.74 Å². The number of fused-ring (bicyclic) bond motifs is 4. The van der Waals surface area contributed by atoms with Crippen molar-refractivity contribution in [3.05, 3.63) is 63.7 Å². The van der Waals surface area contributed by atoms with E-state index in [9.17, 15) is 4.79 Å². The van der Waals surface area contributed by atoms with Gasteiger partial charge >= 0.3 is 5.97 Å². The maximum absolute atomic E-state index is 12.6. The number of benzene rings is 2. The minimum atomic E-state index is -0.365. The molecule has 5 rings (SSSR count). The zero-order valence-corrected chi connectivity index (χ0v) is 20.0. The fourth-order valence-corrected chi connectivity index (χ4v) is 5.02. The lowest BCUT2D eigenvalue weighted by Crippen LogP contribution is -2.16. The van der Waals surface area contributed by atoms with Crippen molar-refractivity contribution in [2.45, 2.75) is 44.4 Å². The summed E-state index contributed by atoms with van der Waals surface area (Å²) < 4.78 is 18.6. The highest BCUT2D eigenvalue weighted by Gasteiger charge is 2.21. The molecule has 0 amide bonds. The van der Waals surface area contributed by atoms with Crippen LogP contribution in [0.4, 0.5) is 0 Å². The first-order valence-corrected chi connectivity index (χ1v) is 11.9. The summed E-state index contributed by atoms with van der Waals surface area (Å²) in [6, 6.07) is 11.4. The molecule has 0 unspecified atom stereocenters. The number of carbonyl (C=O) groups is 1. The Hall–Kier alpha value is -2.81. The molecule has 0 atom stereocenters. The lowest BCUT2D eigenvalue weighted by Gasteiger charge is -2.21. The van der Waals surface area contributed by atoms with Crippen molar-refractivity contribution < 1.29 is 19.0 Å². The van der Waals surface area contributed by atoms with Gasteiger partial charge in [0.15, 0.2) is 17.6 Å². The monoisotopic (exact) mass is 483 g/mol. The number of hydrogen-bond donors (Lipinski definition) is 0. The van der Waals surface area contributed by atoms with Crippen molar-refractivity contribution in [2.24, 2.45) is 0 Å². The Morgan fingerprint density at radius 3 is 2.91 bits per heavy atom. The second-order valence-corrected chi connectivity index (χ2v) is 9.52. The van der Waals surface area contributed by atoms with Gasteiger partial charge in [0.1, 0.15) is 5.75 Å². The lowest BCUT2D eigenvalue weighted by molar-refractivity contribution is -0.0169. The van der Waals surface area contributed by atoms with Gasteiger partial charge in [-0.2, -0.15) is 0 Å². The number of hydrogen-bond acceptors (Lipinski definition) is 7. The Labute approximate surface area is 200 Å². The standard InChI is InChI=1S/C24H22ClN3O4S/c1-13(2)32-23(29)15-7-16-10-30-12-31-22(16)17(8-15)11-33-24-27-26-21-6-14(3)19-9-18(25)4-5-20(19)28(21)24/h4-9,13H,10-12H2,1-3H3. The molecule has 1 aliphatic rings. The van der Waals surface area contributed by atoms with Crippen LogP contribution in [0.3, 0.4) is 0 Å². The number of halogens is 1. The minimum absolute atomic E-state index is 0.180. The third-order valence-electron chi connectivity index (χ3n) is 5.35. The summed E-state index contributed by atoms with van der Waals surface area (Å²) in [7, 11) is 0. The molecule has 0 saturated heterocycles. The Kier molecular flexibility index (Phi) is 5.90. The Morgan fingerprint density at radius 1 is 1.24 bits per heavy atom. The maximum Gasteiger partial charge on any atom is 0.338 e. The van der Waals surface area contributed by atoms with Crippen LogP contribution in [0.2, 0.25) is 5.02 Å². The Morgan fingerprint density at radius 2 is 2.09 bits per heavy atom. The number of pyridine rings is 1. The smallest absolute Gasteiger partial charge is 0.338 e. The van der Waals surface area contributed by atoms with Crippen molar-refractivity contribution >= 4 is 45.9 Å². The Balaban J connectivity index is 1.52. The second-order valence-electron chi connectivity index (χ2n) is 8.14. The van der Waals surface area contributed by atoms with Gasteiger partial charge in [0.05, 0.1) is 23.8 Å². The van der Waals surface area contributed by atoms with Crippen molar-refractivity contribution in [1.82, 2.24) is 14.6 Å². The van der Waals surface area contributed by atoms with Gasteiger partial charge in [-0.05, 0) is 62.7 Å². The first-order chi connectivity index (χ1) is 15.9. The van der Waals surface area contributed by atoms with Gasteiger partial charge < -0.3 is 14.2 Å². The third kappa shape index (κ3) is 4.26. The van der Waals surface area contributed by atoms with Crippen molar-refractivity contribution in [2.75, 3.05) is 6.79 Å². The molecule has 4 aromatic rings. The van der Waals surface area contributed by atoms with Gasteiger partial charge in [0.25, 0.3) is 0 Å². The van der Waals surface area contributed by atoms with E-state index in [2.05, 4.69) is 10.2 Å². The van der Waals surface area contributed by atoms with Crippen molar-refractivity contribution in [3.8, 4) is 5.75 Å². The van der Waals surface area contributed by atoms with E-state index in [1.807, 2.05) is 55.5 Å². The molecule has 0 spiro atoms. The maximum atomic E-state index is 12.6. The van der Waals surface area contributed by atoms with Gasteiger partial charge in [-0.15, -0.1) is 10.2 Å². The lowest BCUT2D eigenvalue weighted by atomic mass is 10.0. The molecule has 0 saturated carbocycles. The van der Waals surface area contributed by atoms with E-state index < -0.39 is 0 Å². The van der Waals surface area contributed by atoms with Gasteiger partial charge in [-0.1, -0.05) is 23.4 Å². The van der Waals surface area contributed by atoms with E-state index in [1.54, 1.807) is 6.07 Å². The van der Waals surface area contributed by atoms with Crippen LogP contribution in [-0.4, -0.2) is 33.5 Å². The number of carbonyl (C=O) groups excluding carboxylic acids is 1. The molecule has 9 heteroatoms. The summed E-state index contributed by atoms with van der Waals surface area (Å²) in [6.45, 7) is 6.25. The Bertz CT molecular complexity index is 1390. The van der Waals surface area contributed by atoms with Crippen LogP contribution in [-0.2, 0) is 21.8 Å². The molecule has 0 fully saturated rings. The SMILES string of the molecule is Cc1cc2nnc(SCc3cc(C(=O)OC(C)C)cc4c3OCOC4)n2c2ccc(Cl)cc12. The molecule has 33 heavy (non-hydrogen) atoms. The minimum Gasteiger partial charge on any atom is -0.467 e. The summed E-state index contributed by atoms with van der Waals surface area (Å²) in [5.74, 6) is 0.918. The number of rotatable bonds is 5. The highest BCUT2D eigenvalue weighted by Crippen LogP contribution is 2.35. The van der Waals surface area contributed by atoms with Gasteiger partial charge in [-0.3, -0.25) is 4.40 Å². The molecule has 0 bridgehead atoms. The number of nitrogens with zero attached hydrogens (tertiary/aromatic N) is 3. The van der Waals surface area contributed by atoms with E-state index in [0.29, 0.717) is 22.9 Å². The molecular formula is C24H22ClN3O4S. The molecule has 1 aliphatic heterocycles. The van der Waals surface area contributed by atoms with Crippen LogP contribution >= 0.6 is 23.4 Å². The zero-order chi connectivity index (χ0) is 23.1. The summed E-state index contributed by atoms with van der Waals surface area (Å²) in [6.07, 6.45) is -0.202. The van der Waals surface area contributed by atoms with E-state index >= 15 is 0 Å². The molecule has 2 aromatic carbocycles. The number of aryl methyl sites for hydroxylation is 1. The largest absolute Gasteiger partial charge is 0.467 e. The summed E-state index contributed by atoms with van der Waals surface area (Å²) in [5.41, 5.74) is 5.04. The summed E-state index contributed by atoms with van der Waals surface area (Å²) in [5, 5.41) is 11.3. The first-order valence-electron chi connectivity index (χ1n) is 10.5.